The predicted octanol–water partition coefficient (Wildman–Crippen LogP) is 3.96. The molecule has 0 aliphatic carbocycles. The van der Waals surface area contributed by atoms with Gasteiger partial charge in [0.15, 0.2) is 11.5 Å². The monoisotopic (exact) mass is 480 g/mol. The Morgan fingerprint density at radius 1 is 1.03 bits per heavy atom. The Morgan fingerprint density at radius 2 is 1.81 bits per heavy atom. The number of nitrogens with one attached hydrogen (secondary N) is 1. The van der Waals surface area contributed by atoms with Crippen LogP contribution in [0.4, 0.5) is 0 Å². The van der Waals surface area contributed by atoms with Gasteiger partial charge in [-0.3, -0.25) is 4.79 Å². The molecule has 0 bridgehead atoms. The summed E-state index contributed by atoms with van der Waals surface area (Å²) in [6.07, 6.45) is 0.648. The highest BCUT2D eigenvalue weighted by Crippen LogP contribution is 2.30. The number of hydrogen-bond donors (Lipinski definition) is 1. The maximum Gasteiger partial charge on any atom is 0.344 e. The molecule has 3 aromatic rings. The molecule has 0 saturated carbocycles. The Bertz CT molecular complexity index is 1150. The van der Waals surface area contributed by atoms with E-state index in [9.17, 15) is 9.59 Å². The van der Waals surface area contributed by atoms with Crippen LogP contribution in [0, 0.1) is 0 Å². The van der Waals surface area contributed by atoms with E-state index in [0.717, 1.165) is 0 Å². The number of carbonyl (C=O) groups excluding carboxylic acids is 2. The molecular formula is C23H17BrN2O5. The Balaban J connectivity index is 1.35. The van der Waals surface area contributed by atoms with Gasteiger partial charge in [0.1, 0.15) is 12.4 Å². The van der Waals surface area contributed by atoms with E-state index < -0.39 is 18.0 Å². The first-order valence-corrected chi connectivity index (χ1v) is 10.2. The summed E-state index contributed by atoms with van der Waals surface area (Å²) < 4.78 is 17.2. The zero-order valence-corrected chi connectivity index (χ0v) is 17.7. The normalized spacial score (nSPS) is 14.8. The molecule has 1 atom stereocenters. The minimum absolute atomic E-state index is 0.0961. The number of ether oxygens (including phenoxy) is 3. The number of rotatable bonds is 5. The van der Waals surface area contributed by atoms with Gasteiger partial charge in [0.2, 0.25) is 6.10 Å². The number of nitrogens with zero attached hydrogens (tertiary/aromatic N) is 1. The van der Waals surface area contributed by atoms with Crippen LogP contribution in [-0.4, -0.2) is 30.8 Å². The van der Waals surface area contributed by atoms with Crippen LogP contribution >= 0.6 is 15.9 Å². The smallest absolute Gasteiger partial charge is 0.344 e. The maximum atomic E-state index is 12.3. The van der Waals surface area contributed by atoms with Gasteiger partial charge in [-0.2, -0.15) is 5.10 Å². The quantitative estimate of drug-likeness (QED) is 0.258. The third-order valence-corrected chi connectivity index (χ3v) is 5.04. The molecule has 1 aliphatic heterocycles. The number of para-hydroxylation sites is 2. The minimum atomic E-state index is -0.802. The summed E-state index contributed by atoms with van der Waals surface area (Å²) >= 11 is 3.33. The first-order chi connectivity index (χ1) is 15.1. The van der Waals surface area contributed by atoms with Crippen molar-refractivity contribution in [2.75, 3.05) is 6.61 Å². The summed E-state index contributed by atoms with van der Waals surface area (Å²) in [6, 6.07) is 20.9. The van der Waals surface area contributed by atoms with Crippen molar-refractivity contribution in [3.8, 4) is 17.2 Å². The molecule has 0 spiro atoms. The Morgan fingerprint density at radius 3 is 2.65 bits per heavy atom. The van der Waals surface area contributed by atoms with Gasteiger partial charge in [0.05, 0.1) is 11.8 Å². The van der Waals surface area contributed by atoms with Crippen LogP contribution in [0.3, 0.4) is 0 Å². The van der Waals surface area contributed by atoms with Gasteiger partial charge in [-0.25, -0.2) is 10.2 Å². The van der Waals surface area contributed by atoms with Crippen molar-refractivity contribution in [1.29, 1.82) is 0 Å². The second-order valence-electron chi connectivity index (χ2n) is 6.54. The van der Waals surface area contributed by atoms with Crippen molar-refractivity contribution < 1.29 is 23.8 Å². The lowest BCUT2D eigenvalue weighted by molar-refractivity contribution is -0.130. The van der Waals surface area contributed by atoms with E-state index in [0.29, 0.717) is 32.8 Å². The van der Waals surface area contributed by atoms with Crippen LogP contribution < -0.4 is 19.6 Å². The number of fused-ring (bicyclic) bond motifs is 1. The molecule has 4 rings (SSSR count). The zero-order valence-electron chi connectivity index (χ0n) is 16.2. The SMILES string of the molecule is O=C(Oc1cccc(/C=N/NC(=O)C2COc3ccccc3O2)c1)c1ccccc1Br. The van der Waals surface area contributed by atoms with Crippen molar-refractivity contribution in [2.45, 2.75) is 6.10 Å². The summed E-state index contributed by atoms with van der Waals surface area (Å²) in [7, 11) is 0. The average molecular weight is 481 g/mol. The third-order valence-electron chi connectivity index (χ3n) is 4.35. The fourth-order valence-corrected chi connectivity index (χ4v) is 3.28. The standard InChI is InChI=1S/C23H17BrN2O5/c24-18-9-2-1-8-17(18)23(28)30-16-7-5-6-15(12-16)13-25-26-22(27)21-14-29-19-10-3-4-11-20(19)31-21/h1-13,21H,14H2,(H,26,27)/b25-13+. The Hall–Kier alpha value is -3.65. The fourth-order valence-electron chi connectivity index (χ4n) is 2.84. The number of amides is 1. The molecule has 7 nitrogen and oxygen atoms in total. The van der Waals surface area contributed by atoms with E-state index in [1.165, 1.54) is 6.21 Å². The number of halogens is 1. The van der Waals surface area contributed by atoms with E-state index in [1.54, 1.807) is 60.7 Å². The lowest BCUT2D eigenvalue weighted by atomic mass is 10.2. The van der Waals surface area contributed by atoms with Crippen molar-refractivity contribution in [1.82, 2.24) is 5.43 Å². The molecule has 1 amide bonds. The molecule has 8 heteroatoms. The van der Waals surface area contributed by atoms with Gasteiger partial charge >= 0.3 is 5.97 Å². The molecule has 1 aliphatic rings. The second kappa shape index (κ2) is 9.44. The van der Waals surface area contributed by atoms with Crippen molar-refractivity contribution in [3.63, 3.8) is 0 Å². The van der Waals surface area contributed by atoms with Crippen LogP contribution in [0.1, 0.15) is 15.9 Å². The Labute approximate surface area is 186 Å². The predicted molar refractivity (Wildman–Crippen MR) is 118 cm³/mol. The van der Waals surface area contributed by atoms with Crippen LogP contribution in [0.5, 0.6) is 17.2 Å². The average Bonchev–Trinajstić information content (AvgIpc) is 2.79. The lowest BCUT2D eigenvalue weighted by Gasteiger charge is -2.24. The van der Waals surface area contributed by atoms with Crippen LogP contribution in [-0.2, 0) is 4.79 Å². The lowest BCUT2D eigenvalue weighted by Crippen LogP contribution is -2.42. The van der Waals surface area contributed by atoms with E-state index in [-0.39, 0.29) is 6.61 Å². The largest absolute Gasteiger partial charge is 0.485 e. The first kappa shape index (κ1) is 20.6. The summed E-state index contributed by atoms with van der Waals surface area (Å²) in [5.41, 5.74) is 3.50. The zero-order chi connectivity index (χ0) is 21.6. The highest BCUT2D eigenvalue weighted by Gasteiger charge is 2.27. The molecule has 3 aromatic carbocycles. The third kappa shape index (κ3) is 5.10. The van der Waals surface area contributed by atoms with Gasteiger partial charge in [-0.05, 0) is 57.9 Å². The van der Waals surface area contributed by atoms with Crippen molar-refractivity contribution >= 4 is 34.0 Å². The van der Waals surface area contributed by atoms with E-state index in [4.69, 9.17) is 14.2 Å². The summed E-state index contributed by atoms with van der Waals surface area (Å²) in [4.78, 5) is 24.6. The van der Waals surface area contributed by atoms with Gasteiger partial charge in [-0.1, -0.05) is 36.4 Å². The van der Waals surface area contributed by atoms with E-state index in [1.807, 2.05) is 12.1 Å². The summed E-state index contributed by atoms with van der Waals surface area (Å²) in [5.74, 6) is 0.560. The second-order valence-corrected chi connectivity index (χ2v) is 7.39. The number of benzene rings is 3. The van der Waals surface area contributed by atoms with Gasteiger partial charge < -0.3 is 14.2 Å². The van der Waals surface area contributed by atoms with E-state index in [2.05, 4.69) is 26.5 Å². The van der Waals surface area contributed by atoms with Crippen LogP contribution in [0.2, 0.25) is 0 Å². The van der Waals surface area contributed by atoms with E-state index >= 15 is 0 Å². The number of hydrazone groups is 1. The molecule has 0 radical (unpaired) electrons. The highest BCUT2D eigenvalue weighted by atomic mass is 79.9. The number of esters is 1. The van der Waals surface area contributed by atoms with Gasteiger partial charge in [0, 0.05) is 4.47 Å². The molecular weight excluding hydrogens is 464 g/mol. The summed E-state index contributed by atoms with van der Waals surface area (Å²) in [5, 5.41) is 3.96. The van der Waals surface area contributed by atoms with Crippen molar-refractivity contribution in [2.24, 2.45) is 5.10 Å². The summed E-state index contributed by atoms with van der Waals surface area (Å²) in [6.45, 7) is 0.0961. The molecule has 1 unspecified atom stereocenters. The molecule has 1 N–H and O–H groups in total. The fraction of sp³-hybridized carbons (Fsp3) is 0.0870. The number of carbonyl (C=O) groups is 2. The molecule has 0 fully saturated rings. The molecule has 31 heavy (non-hydrogen) atoms. The first-order valence-electron chi connectivity index (χ1n) is 9.38. The van der Waals surface area contributed by atoms with Gasteiger partial charge in [-0.15, -0.1) is 0 Å². The Kier molecular flexibility index (Phi) is 6.28. The molecule has 0 aromatic heterocycles. The molecule has 1 heterocycles. The molecule has 156 valence electrons. The maximum absolute atomic E-state index is 12.3. The minimum Gasteiger partial charge on any atom is -0.485 e. The van der Waals surface area contributed by atoms with Crippen LogP contribution in [0.15, 0.2) is 82.4 Å². The molecule has 0 saturated heterocycles. The van der Waals surface area contributed by atoms with Crippen molar-refractivity contribution in [3.05, 3.63) is 88.4 Å². The number of hydrogen-bond acceptors (Lipinski definition) is 6. The topological polar surface area (TPSA) is 86.2 Å². The highest BCUT2D eigenvalue weighted by molar-refractivity contribution is 9.10. The van der Waals surface area contributed by atoms with Crippen LogP contribution in [0.25, 0.3) is 0 Å². The van der Waals surface area contributed by atoms with Gasteiger partial charge in [0.25, 0.3) is 5.91 Å².